The lowest BCUT2D eigenvalue weighted by Gasteiger charge is -2.10. The first-order valence-electron chi connectivity index (χ1n) is 7.89. The van der Waals surface area contributed by atoms with Crippen molar-refractivity contribution >= 4 is 27.8 Å². The highest BCUT2D eigenvalue weighted by atomic mass is 32.2. The highest BCUT2D eigenvalue weighted by molar-refractivity contribution is 7.91. The number of carbonyl (C=O) groups excluding carboxylic acids is 2. The Hall–Kier alpha value is -2.55. The quantitative estimate of drug-likeness (QED) is 0.541. The van der Waals surface area contributed by atoms with Gasteiger partial charge in [-0.05, 0) is 30.7 Å². The largest absolute Gasteiger partial charge is 0.497 e. The lowest BCUT2D eigenvalue weighted by molar-refractivity contribution is -0.143. The van der Waals surface area contributed by atoms with E-state index in [9.17, 15) is 18.0 Å². The van der Waals surface area contributed by atoms with E-state index in [1.54, 1.807) is 18.2 Å². The molecule has 1 amide bonds. The summed E-state index contributed by atoms with van der Waals surface area (Å²) in [5.74, 6) is -0.109. The second kappa shape index (κ2) is 8.70. The Balaban J connectivity index is 1.85. The van der Waals surface area contributed by atoms with Gasteiger partial charge in [-0.2, -0.15) is 0 Å². The standard InChI is InChI=1S/C17H21NO7S/c1-23-14-4-5-15(24-2)12(9-14)3-6-17(20)25-10-16(19)18-13-7-8-26(21,22)11-13/h3-6,9,13H,7-8,10-11H2,1-2H3,(H,18,19)/b6-3+/t13-/m1/s1. The van der Waals surface area contributed by atoms with Crippen molar-refractivity contribution in [2.24, 2.45) is 0 Å². The Morgan fingerprint density at radius 3 is 2.65 bits per heavy atom. The lowest BCUT2D eigenvalue weighted by atomic mass is 10.1. The Labute approximate surface area is 152 Å². The van der Waals surface area contributed by atoms with Crippen molar-refractivity contribution in [2.45, 2.75) is 12.5 Å². The smallest absolute Gasteiger partial charge is 0.331 e. The predicted molar refractivity (Wildman–Crippen MR) is 94.7 cm³/mol. The summed E-state index contributed by atoms with van der Waals surface area (Å²) in [6.45, 7) is -0.477. The molecule has 1 aromatic rings. The summed E-state index contributed by atoms with van der Waals surface area (Å²) in [4.78, 5) is 23.5. The number of benzene rings is 1. The van der Waals surface area contributed by atoms with Gasteiger partial charge >= 0.3 is 5.97 Å². The van der Waals surface area contributed by atoms with Crippen molar-refractivity contribution in [3.63, 3.8) is 0 Å². The maximum Gasteiger partial charge on any atom is 0.331 e. The van der Waals surface area contributed by atoms with Gasteiger partial charge in [-0.1, -0.05) is 0 Å². The zero-order valence-corrected chi connectivity index (χ0v) is 15.4. The second-order valence-electron chi connectivity index (χ2n) is 5.72. The van der Waals surface area contributed by atoms with Crippen LogP contribution in [0.15, 0.2) is 24.3 Å². The molecule has 1 fully saturated rings. The molecule has 1 aliphatic rings. The van der Waals surface area contributed by atoms with Crippen LogP contribution in [0, 0.1) is 0 Å². The van der Waals surface area contributed by atoms with E-state index < -0.39 is 34.4 Å². The molecule has 0 unspecified atom stereocenters. The third-order valence-electron chi connectivity index (χ3n) is 3.78. The summed E-state index contributed by atoms with van der Waals surface area (Å²) in [5, 5.41) is 2.54. The van der Waals surface area contributed by atoms with Gasteiger partial charge in [0.05, 0.1) is 25.7 Å². The van der Waals surface area contributed by atoms with E-state index in [0.29, 0.717) is 23.5 Å². The number of methoxy groups -OCH3 is 2. The van der Waals surface area contributed by atoms with E-state index in [0.717, 1.165) is 0 Å². The van der Waals surface area contributed by atoms with Gasteiger partial charge in [0.15, 0.2) is 16.4 Å². The molecule has 0 saturated carbocycles. The van der Waals surface area contributed by atoms with Crippen LogP contribution >= 0.6 is 0 Å². The van der Waals surface area contributed by atoms with Crippen molar-refractivity contribution in [1.29, 1.82) is 0 Å². The van der Waals surface area contributed by atoms with Crippen LogP contribution in [0.5, 0.6) is 11.5 Å². The molecule has 1 aromatic carbocycles. The molecule has 1 heterocycles. The van der Waals surface area contributed by atoms with Crippen LogP contribution in [0.2, 0.25) is 0 Å². The molecule has 2 rings (SSSR count). The van der Waals surface area contributed by atoms with Crippen LogP contribution < -0.4 is 14.8 Å². The van der Waals surface area contributed by atoms with Crippen LogP contribution in [0.25, 0.3) is 6.08 Å². The minimum atomic E-state index is -3.08. The molecule has 1 saturated heterocycles. The van der Waals surface area contributed by atoms with Crippen LogP contribution in [-0.4, -0.2) is 58.7 Å². The van der Waals surface area contributed by atoms with E-state index in [2.05, 4.69) is 5.32 Å². The van der Waals surface area contributed by atoms with Gasteiger partial charge in [0, 0.05) is 17.7 Å². The van der Waals surface area contributed by atoms with Gasteiger partial charge in [0.1, 0.15) is 11.5 Å². The molecule has 0 bridgehead atoms. The van der Waals surface area contributed by atoms with E-state index in [1.807, 2.05) is 0 Å². The number of amides is 1. The molecule has 26 heavy (non-hydrogen) atoms. The maximum atomic E-state index is 11.8. The van der Waals surface area contributed by atoms with Crippen molar-refractivity contribution in [2.75, 3.05) is 32.3 Å². The highest BCUT2D eigenvalue weighted by Gasteiger charge is 2.28. The Bertz CT molecular complexity index is 801. The summed E-state index contributed by atoms with van der Waals surface area (Å²) < 4.78 is 37.9. The minimum Gasteiger partial charge on any atom is -0.497 e. The SMILES string of the molecule is COc1ccc(OC)c(/C=C/C(=O)OCC(=O)N[C@@H]2CCS(=O)(=O)C2)c1. The Morgan fingerprint density at radius 2 is 2.04 bits per heavy atom. The average Bonchev–Trinajstić information content (AvgIpc) is 2.96. The van der Waals surface area contributed by atoms with Gasteiger partial charge < -0.3 is 19.5 Å². The summed E-state index contributed by atoms with van der Waals surface area (Å²) in [6.07, 6.45) is 3.04. The van der Waals surface area contributed by atoms with E-state index in [4.69, 9.17) is 14.2 Å². The molecule has 1 N–H and O–H groups in total. The van der Waals surface area contributed by atoms with Crippen molar-refractivity contribution in [3.05, 3.63) is 29.8 Å². The number of hydrogen-bond acceptors (Lipinski definition) is 7. The molecule has 1 atom stereocenters. The summed E-state index contributed by atoms with van der Waals surface area (Å²) in [7, 11) is -0.0492. The molecule has 0 spiro atoms. The fourth-order valence-electron chi connectivity index (χ4n) is 2.49. The molecule has 0 aliphatic carbocycles. The summed E-state index contributed by atoms with van der Waals surface area (Å²) in [5.41, 5.74) is 0.615. The Kier molecular flexibility index (Phi) is 6.62. The number of rotatable bonds is 7. The van der Waals surface area contributed by atoms with Gasteiger partial charge in [0.2, 0.25) is 0 Å². The fraction of sp³-hybridized carbons (Fsp3) is 0.412. The number of hydrogen-bond donors (Lipinski definition) is 1. The molecule has 0 aromatic heterocycles. The monoisotopic (exact) mass is 383 g/mol. The van der Waals surface area contributed by atoms with Gasteiger partial charge in [0.25, 0.3) is 5.91 Å². The van der Waals surface area contributed by atoms with Crippen LogP contribution in [-0.2, 0) is 24.2 Å². The first kappa shape index (κ1) is 19.8. The Morgan fingerprint density at radius 1 is 1.27 bits per heavy atom. The zero-order chi connectivity index (χ0) is 19.2. The van der Waals surface area contributed by atoms with Crippen molar-refractivity contribution in [1.82, 2.24) is 5.32 Å². The normalized spacial score (nSPS) is 18.5. The molecular weight excluding hydrogens is 362 g/mol. The fourth-order valence-corrected chi connectivity index (χ4v) is 4.16. The molecular formula is C17H21NO7S. The van der Waals surface area contributed by atoms with Crippen molar-refractivity contribution < 1.29 is 32.2 Å². The minimum absolute atomic E-state index is 0.0584. The zero-order valence-electron chi connectivity index (χ0n) is 14.6. The van der Waals surface area contributed by atoms with Gasteiger partial charge in [-0.25, -0.2) is 13.2 Å². The molecule has 8 nitrogen and oxygen atoms in total. The molecule has 1 aliphatic heterocycles. The van der Waals surface area contributed by atoms with Gasteiger partial charge in [-0.15, -0.1) is 0 Å². The second-order valence-corrected chi connectivity index (χ2v) is 7.95. The van der Waals surface area contributed by atoms with E-state index in [1.165, 1.54) is 26.4 Å². The molecule has 0 radical (unpaired) electrons. The number of esters is 1. The van der Waals surface area contributed by atoms with Crippen LogP contribution in [0.1, 0.15) is 12.0 Å². The maximum absolute atomic E-state index is 11.8. The third kappa shape index (κ3) is 5.76. The first-order chi connectivity index (χ1) is 12.3. The van der Waals surface area contributed by atoms with E-state index >= 15 is 0 Å². The third-order valence-corrected chi connectivity index (χ3v) is 5.55. The average molecular weight is 383 g/mol. The van der Waals surface area contributed by atoms with E-state index in [-0.39, 0.29) is 11.5 Å². The van der Waals surface area contributed by atoms with Crippen molar-refractivity contribution in [3.8, 4) is 11.5 Å². The number of sulfone groups is 1. The predicted octanol–water partition coefficient (Wildman–Crippen LogP) is 0.563. The number of ether oxygens (including phenoxy) is 3. The highest BCUT2D eigenvalue weighted by Crippen LogP contribution is 2.25. The topological polar surface area (TPSA) is 108 Å². The first-order valence-corrected chi connectivity index (χ1v) is 9.72. The van der Waals surface area contributed by atoms with Crippen LogP contribution in [0.3, 0.4) is 0 Å². The molecule has 9 heteroatoms. The molecule has 142 valence electrons. The van der Waals surface area contributed by atoms with Gasteiger partial charge in [-0.3, -0.25) is 4.79 Å². The number of nitrogens with one attached hydrogen (secondary N) is 1. The van der Waals surface area contributed by atoms with Crippen LogP contribution in [0.4, 0.5) is 0 Å². The summed E-state index contributed by atoms with van der Waals surface area (Å²) in [6, 6.07) is 4.69. The lowest BCUT2D eigenvalue weighted by Crippen LogP contribution is -2.38. The number of carbonyl (C=O) groups is 2. The summed E-state index contributed by atoms with van der Waals surface area (Å²) >= 11 is 0.